The van der Waals surface area contributed by atoms with Gasteiger partial charge < -0.3 is 16.0 Å². The summed E-state index contributed by atoms with van der Waals surface area (Å²) < 4.78 is 0. The van der Waals surface area contributed by atoms with Gasteiger partial charge in [-0.3, -0.25) is 10.1 Å². The molecule has 6 nitrogen and oxygen atoms in total. The molecule has 6 heteroatoms. The van der Waals surface area contributed by atoms with Crippen molar-refractivity contribution in [2.45, 2.75) is 25.3 Å². The van der Waals surface area contributed by atoms with Gasteiger partial charge in [-0.15, -0.1) is 0 Å². The average molecular weight is 228 g/mol. The predicted molar refractivity (Wildman–Crippen MR) is 60.9 cm³/mol. The predicted octanol–water partition coefficient (Wildman–Crippen LogP) is -0.745. The molecular formula is C10H20N4O2. The van der Waals surface area contributed by atoms with Gasteiger partial charge in [0.05, 0.1) is 0 Å². The molecule has 1 aliphatic heterocycles. The molecule has 1 heterocycles. The maximum absolute atomic E-state index is 11.2. The number of nitrogens with one attached hydrogen (secondary N) is 2. The van der Waals surface area contributed by atoms with Gasteiger partial charge in [0.2, 0.25) is 5.91 Å². The number of piperidine rings is 1. The summed E-state index contributed by atoms with van der Waals surface area (Å²) in [6.07, 6.45) is 2.62. The Labute approximate surface area is 95.5 Å². The van der Waals surface area contributed by atoms with Crippen LogP contribution in [0.4, 0.5) is 4.79 Å². The summed E-state index contributed by atoms with van der Waals surface area (Å²) in [6, 6.07) is -0.304. The van der Waals surface area contributed by atoms with E-state index in [1.165, 1.54) is 6.42 Å². The van der Waals surface area contributed by atoms with E-state index in [-0.39, 0.29) is 5.91 Å². The highest BCUT2D eigenvalue weighted by molar-refractivity contribution is 5.93. The first-order valence-corrected chi connectivity index (χ1v) is 5.60. The lowest BCUT2D eigenvalue weighted by Gasteiger charge is -2.31. The third kappa shape index (κ3) is 4.59. The molecule has 0 aromatic heterocycles. The lowest BCUT2D eigenvalue weighted by molar-refractivity contribution is -0.120. The number of hydrogen-bond acceptors (Lipinski definition) is 4. The lowest BCUT2D eigenvalue weighted by Crippen LogP contribution is -2.45. The first kappa shape index (κ1) is 12.9. The van der Waals surface area contributed by atoms with Crippen molar-refractivity contribution in [2.75, 3.05) is 26.7 Å². The Bertz CT molecular complexity index is 251. The van der Waals surface area contributed by atoms with E-state index in [9.17, 15) is 9.59 Å². The zero-order valence-corrected chi connectivity index (χ0v) is 9.66. The van der Waals surface area contributed by atoms with Crippen LogP contribution in [0.2, 0.25) is 0 Å². The van der Waals surface area contributed by atoms with Gasteiger partial charge in [-0.05, 0) is 26.4 Å². The lowest BCUT2D eigenvalue weighted by atomic mass is 10.1. The van der Waals surface area contributed by atoms with Gasteiger partial charge in [-0.25, -0.2) is 4.79 Å². The van der Waals surface area contributed by atoms with Crippen molar-refractivity contribution in [3.63, 3.8) is 0 Å². The molecule has 16 heavy (non-hydrogen) atoms. The minimum absolute atomic E-state index is 0.302. The minimum Gasteiger partial charge on any atom is -0.351 e. The number of imide groups is 1. The van der Waals surface area contributed by atoms with Gasteiger partial charge in [0, 0.05) is 25.6 Å². The van der Waals surface area contributed by atoms with Crippen molar-refractivity contribution in [3.05, 3.63) is 0 Å². The molecule has 0 aliphatic carbocycles. The van der Waals surface area contributed by atoms with E-state index < -0.39 is 6.03 Å². The van der Waals surface area contributed by atoms with Crippen molar-refractivity contribution in [3.8, 4) is 0 Å². The molecule has 0 saturated carbocycles. The first-order valence-electron chi connectivity index (χ1n) is 5.60. The van der Waals surface area contributed by atoms with Crippen molar-refractivity contribution in [1.82, 2.24) is 15.5 Å². The topological polar surface area (TPSA) is 87.5 Å². The summed E-state index contributed by atoms with van der Waals surface area (Å²) in [5, 5.41) is 5.38. The Morgan fingerprint density at radius 1 is 1.56 bits per heavy atom. The quantitative estimate of drug-likeness (QED) is 0.591. The molecule has 1 aliphatic rings. The van der Waals surface area contributed by atoms with Crippen LogP contribution in [-0.2, 0) is 4.79 Å². The highest BCUT2D eigenvalue weighted by atomic mass is 16.2. The van der Waals surface area contributed by atoms with Crippen molar-refractivity contribution < 1.29 is 9.59 Å². The summed E-state index contributed by atoms with van der Waals surface area (Å²) in [7, 11) is 2.00. The largest absolute Gasteiger partial charge is 0.351 e. The highest BCUT2D eigenvalue weighted by Crippen LogP contribution is 2.08. The van der Waals surface area contributed by atoms with Gasteiger partial charge in [0.1, 0.15) is 0 Å². The number of nitrogens with zero attached hydrogens (tertiary/aromatic N) is 1. The smallest absolute Gasteiger partial charge is 0.318 e. The van der Waals surface area contributed by atoms with E-state index in [2.05, 4.69) is 15.5 Å². The van der Waals surface area contributed by atoms with Gasteiger partial charge in [0.15, 0.2) is 0 Å². The van der Waals surface area contributed by atoms with Crippen molar-refractivity contribution >= 4 is 11.9 Å². The number of rotatable bonds is 4. The summed E-state index contributed by atoms with van der Waals surface area (Å²) in [5.41, 5.74) is 4.85. The Hall–Kier alpha value is -1.14. The second-order valence-corrected chi connectivity index (χ2v) is 4.14. The van der Waals surface area contributed by atoms with Crippen molar-refractivity contribution in [1.29, 1.82) is 0 Å². The maximum atomic E-state index is 11.2. The molecule has 1 rings (SSSR count). The number of likely N-dealkylation sites (N-methyl/N-ethyl adjacent to an activating group) is 1. The molecule has 0 aromatic carbocycles. The Kier molecular flexibility index (Phi) is 5.21. The Balaban J connectivity index is 2.20. The van der Waals surface area contributed by atoms with E-state index in [0.717, 1.165) is 19.5 Å². The van der Waals surface area contributed by atoms with E-state index in [0.29, 0.717) is 19.0 Å². The molecule has 1 atom stereocenters. The maximum Gasteiger partial charge on any atom is 0.318 e. The van der Waals surface area contributed by atoms with Gasteiger partial charge >= 0.3 is 6.03 Å². The van der Waals surface area contributed by atoms with Crippen LogP contribution in [0.25, 0.3) is 0 Å². The molecule has 4 N–H and O–H groups in total. The molecule has 0 bridgehead atoms. The van der Waals surface area contributed by atoms with E-state index in [1.807, 2.05) is 7.05 Å². The fraction of sp³-hybridized carbons (Fsp3) is 0.800. The average Bonchev–Trinajstić information content (AvgIpc) is 2.26. The van der Waals surface area contributed by atoms with Crippen LogP contribution >= 0.6 is 0 Å². The third-order valence-corrected chi connectivity index (χ3v) is 2.85. The number of carbonyl (C=O) groups excluding carboxylic acids is 2. The second kappa shape index (κ2) is 6.44. The molecule has 0 aromatic rings. The fourth-order valence-corrected chi connectivity index (χ4v) is 1.87. The van der Waals surface area contributed by atoms with Crippen molar-refractivity contribution in [2.24, 2.45) is 5.73 Å². The second-order valence-electron chi connectivity index (χ2n) is 4.14. The third-order valence-electron chi connectivity index (χ3n) is 2.85. The van der Waals surface area contributed by atoms with E-state index >= 15 is 0 Å². The first-order chi connectivity index (χ1) is 7.59. The van der Waals surface area contributed by atoms with Crippen LogP contribution in [0.5, 0.6) is 0 Å². The van der Waals surface area contributed by atoms with Crippen LogP contribution in [0.1, 0.15) is 19.3 Å². The van der Waals surface area contributed by atoms with Crippen LogP contribution in [0, 0.1) is 0 Å². The molecule has 92 valence electrons. The Morgan fingerprint density at radius 3 is 2.88 bits per heavy atom. The number of hydrogen-bond donors (Lipinski definition) is 3. The standard InChI is InChI=1S/C10H20N4O2/c1-14(8-3-2-5-12-7-8)6-4-9(15)13-10(11)16/h8,12H,2-7H2,1H3,(H3,11,13,15,16). The fourth-order valence-electron chi connectivity index (χ4n) is 1.87. The van der Waals surface area contributed by atoms with Crippen LogP contribution in [0.3, 0.4) is 0 Å². The van der Waals surface area contributed by atoms with Crippen LogP contribution in [0.15, 0.2) is 0 Å². The molecule has 1 saturated heterocycles. The summed E-state index contributed by atoms with van der Waals surface area (Å²) in [6.45, 7) is 2.69. The number of carbonyl (C=O) groups is 2. The molecule has 3 amide bonds. The van der Waals surface area contributed by atoms with Crippen LogP contribution < -0.4 is 16.4 Å². The summed E-state index contributed by atoms with van der Waals surface area (Å²) in [4.78, 5) is 23.8. The number of primary amides is 1. The Morgan fingerprint density at radius 2 is 2.31 bits per heavy atom. The minimum atomic E-state index is -0.785. The summed E-state index contributed by atoms with van der Waals surface area (Å²) >= 11 is 0. The van der Waals surface area contributed by atoms with Gasteiger partial charge in [-0.2, -0.15) is 0 Å². The molecule has 0 radical (unpaired) electrons. The molecule has 0 spiro atoms. The summed E-state index contributed by atoms with van der Waals surface area (Å²) in [5.74, 6) is -0.317. The highest BCUT2D eigenvalue weighted by Gasteiger charge is 2.18. The monoisotopic (exact) mass is 228 g/mol. The SMILES string of the molecule is CN(CCC(=O)NC(N)=O)C1CCCNC1. The van der Waals surface area contributed by atoms with Gasteiger partial charge in [-0.1, -0.05) is 0 Å². The number of nitrogens with two attached hydrogens (primary N) is 1. The van der Waals surface area contributed by atoms with E-state index in [1.54, 1.807) is 0 Å². The van der Waals surface area contributed by atoms with Gasteiger partial charge in [0.25, 0.3) is 0 Å². The molecule has 1 fully saturated rings. The number of amides is 3. The number of urea groups is 1. The molecule has 1 unspecified atom stereocenters. The van der Waals surface area contributed by atoms with E-state index in [4.69, 9.17) is 5.73 Å². The molecular weight excluding hydrogens is 208 g/mol. The zero-order chi connectivity index (χ0) is 12.0. The van der Waals surface area contributed by atoms with Crippen LogP contribution in [-0.4, -0.2) is 49.6 Å². The normalized spacial score (nSPS) is 20.8. The zero-order valence-electron chi connectivity index (χ0n) is 9.66.